The number of nitrogens with one attached hydrogen (secondary N) is 1. The lowest BCUT2D eigenvalue weighted by Gasteiger charge is -2.24. The van der Waals surface area contributed by atoms with Crippen molar-refractivity contribution in [3.63, 3.8) is 0 Å². The van der Waals surface area contributed by atoms with Gasteiger partial charge in [0, 0.05) is 6.42 Å². The number of unbranched alkanes of at least 4 members (excludes halogenated alkanes) is 22. The second-order valence-corrected chi connectivity index (χ2v) is 16.5. The molecule has 3 unspecified atom stereocenters. The summed E-state index contributed by atoms with van der Waals surface area (Å²) < 4.78 is 5.90. The molecule has 0 aliphatic carbocycles. The van der Waals surface area contributed by atoms with Crippen LogP contribution in [0.4, 0.5) is 0 Å². The fourth-order valence-corrected chi connectivity index (χ4v) is 7.14. The first-order chi connectivity index (χ1) is 28.5. The highest BCUT2D eigenvalue weighted by Gasteiger charge is 2.24. The Morgan fingerprint density at radius 2 is 0.983 bits per heavy atom. The predicted molar refractivity (Wildman–Crippen MR) is 250 cm³/mol. The number of esters is 1. The highest BCUT2D eigenvalue weighted by Crippen LogP contribution is 2.17. The highest BCUT2D eigenvalue weighted by molar-refractivity contribution is 5.77. The smallest absolute Gasteiger partial charge is 0.306 e. The van der Waals surface area contributed by atoms with Crippen molar-refractivity contribution >= 4 is 11.9 Å². The molecule has 0 saturated carbocycles. The van der Waals surface area contributed by atoms with Crippen LogP contribution < -0.4 is 5.32 Å². The molecule has 0 aromatic rings. The average Bonchev–Trinajstić information content (AvgIpc) is 3.22. The second kappa shape index (κ2) is 45.6. The van der Waals surface area contributed by atoms with Gasteiger partial charge in [0.15, 0.2) is 0 Å². The molecule has 0 spiro atoms. The number of amides is 1. The zero-order valence-corrected chi connectivity index (χ0v) is 38.2. The number of allylic oxidation sites excluding steroid dienone is 10. The summed E-state index contributed by atoms with van der Waals surface area (Å²) >= 11 is 0. The number of aliphatic hydroxyl groups excluding tert-OH is 2. The van der Waals surface area contributed by atoms with E-state index in [1.807, 2.05) is 0 Å². The van der Waals surface area contributed by atoms with E-state index in [1.165, 1.54) is 83.5 Å². The van der Waals surface area contributed by atoms with Crippen molar-refractivity contribution in [2.45, 2.75) is 251 Å². The molecule has 1 amide bonds. The van der Waals surface area contributed by atoms with Crippen molar-refractivity contribution in [1.29, 1.82) is 0 Å². The zero-order valence-electron chi connectivity index (χ0n) is 38.2. The lowest BCUT2D eigenvalue weighted by Crippen LogP contribution is -2.46. The van der Waals surface area contributed by atoms with Crippen LogP contribution >= 0.6 is 0 Å². The van der Waals surface area contributed by atoms with E-state index in [4.69, 9.17) is 4.74 Å². The molecule has 0 fully saturated rings. The van der Waals surface area contributed by atoms with Gasteiger partial charge in [-0.3, -0.25) is 9.59 Å². The summed E-state index contributed by atoms with van der Waals surface area (Å²) in [6.07, 6.45) is 55.7. The predicted octanol–water partition coefficient (Wildman–Crippen LogP) is 14.5. The number of hydrogen-bond donors (Lipinski definition) is 3. The molecule has 0 aliphatic heterocycles. The molecule has 336 valence electrons. The van der Waals surface area contributed by atoms with E-state index < -0.39 is 18.2 Å². The SMILES string of the molecule is CC/C=C/C/C=C/C/C=C/CCCCCCC(=O)OC(CCCCC/C=C/C=C/CCCCCCCCC)CC(=O)NC(CO)C(O)CCCCCCCCCCC. The largest absolute Gasteiger partial charge is 0.462 e. The van der Waals surface area contributed by atoms with Crippen LogP contribution in [0.1, 0.15) is 233 Å². The van der Waals surface area contributed by atoms with E-state index >= 15 is 0 Å². The van der Waals surface area contributed by atoms with Crippen molar-refractivity contribution < 1.29 is 24.5 Å². The van der Waals surface area contributed by atoms with Gasteiger partial charge in [-0.1, -0.05) is 197 Å². The van der Waals surface area contributed by atoms with Crippen LogP contribution in [0.25, 0.3) is 0 Å². The molecule has 3 N–H and O–H groups in total. The lowest BCUT2D eigenvalue weighted by molar-refractivity contribution is -0.151. The van der Waals surface area contributed by atoms with Crippen LogP contribution in [0.2, 0.25) is 0 Å². The number of hydrogen-bond acceptors (Lipinski definition) is 5. The Morgan fingerprint density at radius 3 is 1.53 bits per heavy atom. The van der Waals surface area contributed by atoms with Gasteiger partial charge in [-0.05, 0) is 83.5 Å². The minimum Gasteiger partial charge on any atom is -0.462 e. The van der Waals surface area contributed by atoms with Gasteiger partial charge in [0.25, 0.3) is 0 Å². The van der Waals surface area contributed by atoms with E-state index in [0.717, 1.165) is 103 Å². The van der Waals surface area contributed by atoms with Crippen LogP contribution in [0.3, 0.4) is 0 Å². The van der Waals surface area contributed by atoms with Gasteiger partial charge in [0.2, 0.25) is 5.91 Å². The molecule has 0 saturated heterocycles. The number of carbonyl (C=O) groups excluding carboxylic acids is 2. The Bertz CT molecular complexity index is 1050. The van der Waals surface area contributed by atoms with Crippen LogP contribution in [-0.2, 0) is 14.3 Å². The standard InChI is InChI=1S/C52H93NO5/c1-4-7-10-13-16-19-21-23-25-26-27-29-32-34-37-40-43-48(58-52(57)45-42-39-36-33-30-28-24-22-20-17-14-11-8-5-2)46-51(56)53-49(47-54)50(55)44-41-38-35-31-18-15-12-9-6-3/h8,11,17,20,24-29,48-50,54-55H,4-7,9-10,12-16,18-19,21-23,30-47H2,1-3H3,(H,53,56)/b11-8+,20-17+,26-25+,28-24+,29-27+. The normalized spacial score (nSPS) is 13.8. The molecule has 0 bridgehead atoms. The maximum atomic E-state index is 13.1. The third-order valence-corrected chi connectivity index (χ3v) is 10.9. The summed E-state index contributed by atoms with van der Waals surface area (Å²) in [6, 6.07) is -0.714. The number of aliphatic hydroxyl groups is 2. The Labute approximate surface area is 358 Å². The topological polar surface area (TPSA) is 95.9 Å². The van der Waals surface area contributed by atoms with Crippen LogP contribution in [0.15, 0.2) is 60.8 Å². The first-order valence-electron chi connectivity index (χ1n) is 24.5. The van der Waals surface area contributed by atoms with Gasteiger partial charge in [0.05, 0.1) is 25.2 Å². The fourth-order valence-electron chi connectivity index (χ4n) is 7.14. The zero-order chi connectivity index (χ0) is 42.4. The Morgan fingerprint density at radius 1 is 0.534 bits per heavy atom. The summed E-state index contributed by atoms with van der Waals surface area (Å²) in [5, 5.41) is 23.6. The second-order valence-electron chi connectivity index (χ2n) is 16.5. The molecular formula is C52H93NO5. The molecule has 0 aliphatic rings. The Hall–Kier alpha value is -2.44. The Kier molecular flexibility index (Phi) is 43.7. The van der Waals surface area contributed by atoms with Crippen molar-refractivity contribution in [3.05, 3.63) is 60.8 Å². The quantitative estimate of drug-likeness (QED) is 0.0247. The first-order valence-corrected chi connectivity index (χ1v) is 24.5. The van der Waals surface area contributed by atoms with E-state index in [9.17, 15) is 19.8 Å². The minimum absolute atomic E-state index is 0.0490. The monoisotopic (exact) mass is 812 g/mol. The van der Waals surface area contributed by atoms with E-state index in [0.29, 0.717) is 19.3 Å². The van der Waals surface area contributed by atoms with Gasteiger partial charge in [0.1, 0.15) is 6.10 Å². The molecular weight excluding hydrogens is 719 g/mol. The van der Waals surface area contributed by atoms with Crippen molar-refractivity contribution in [1.82, 2.24) is 5.32 Å². The van der Waals surface area contributed by atoms with Gasteiger partial charge in [-0.15, -0.1) is 0 Å². The number of rotatable bonds is 43. The van der Waals surface area contributed by atoms with Gasteiger partial charge >= 0.3 is 5.97 Å². The van der Waals surface area contributed by atoms with Crippen molar-refractivity contribution in [2.24, 2.45) is 0 Å². The van der Waals surface area contributed by atoms with Crippen molar-refractivity contribution in [2.75, 3.05) is 6.61 Å². The molecule has 0 rings (SSSR count). The summed E-state index contributed by atoms with van der Waals surface area (Å²) in [4.78, 5) is 26.0. The Balaban J connectivity index is 4.69. The molecule has 0 radical (unpaired) electrons. The van der Waals surface area contributed by atoms with Gasteiger partial charge < -0.3 is 20.3 Å². The summed E-state index contributed by atoms with van der Waals surface area (Å²) in [6.45, 7) is 6.33. The third-order valence-electron chi connectivity index (χ3n) is 10.9. The van der Waals surface area contributed by atoms with Crippen LogP contribution in [0.5, 0.6) is 0 Å². The molecule has 0 heterocycles. The van der Waals surface area contributed by atoms with E-state index in [2.05, 4.69) is 86.8 Å². The average molecular weight is 812 g/mol. The molecule has 0 aromatic heterocycles. The molecule has 6 nitrogen and oxygen atoms in total. The van der Waals surface area contributed by atoms with E-state index in [1.54, 1.807) is 0 Å². The third kappa shape index (κ3) is 40.3. The first kappa shape index (κ1) is 55.6. The van der Waals surface area contributed by atoms with Gasteiger partial charge in [-0.2, -0.15) is 0 Å². The maximum absolute atomic E-state index is 13.1. The molecule has 0 aromatic carbocycles. The summed E-state index contributed by atoms with van der Waals surface area (Å²) in [7, 11) is 0. The van der Waals surface area contributed by atoms with E-state index in [-0.39, 0.29) is 24.9 Å². The molecule has 58 heavy (non-hydrogen) atoms. The highest BCUT2D eigenvalue weighted by atomic mass is 16.5. The lowest BCUT2D eigenvalue weighted by atomic mass is 10.0. The molecule has 6 heteroatoms. The van der Waals surface area contributed by atoms with Crippen LogP contribution in [-0.4, -0.2) is 46.9 Å². The van der Waals surface area contributed by atoms with Crippen LogP contribution in [0, 0.1) is 0 Å². The fraction of sp³-hybridized carbons (Fsp3) is 0.769. The van der Waals surface area contributed by atoms with Crippen molar-refractivity contribution in [3.8, 4) is 0 Å². The summed E-state index contributed by atoms with van der Waals surface area (Å²) in [5.41, 5.74) is 0. The number of carbonyl (C=O) groups is 2. The minimum atomic E-state index is -0.798. The van der Waals surface area contributed by atoms with Gasteiger partial charge in [-0.25, -0.2) is 0 Å². The molecule has 3 atom stereocenters. The number of ether oxygens (including phenoxy) is 1. The maximum Gasteiger partial charge on any atom is 0.306 e. The summed E-state index contributed by atoms with van der Waals surface area (Å²) in [5.74, 6) is -0.528.